The van der Waals surface area contributed by atoms with Crippen LogP contribution in [0, 0.1) is 6.92 Å². The van der Waals surface area contributed by atoms with Crippen LogP contribution in [0.1, 0.15) is 16.2 Å². The summed E-state index contributed by atoms with van der Waals surface area (Å²) in [6, 6.07) is 0. The number of nitrogens with zero attached hydrogens (tertiary/aromatic N) is 2. The standard InChI is InChI=1S/C7H9N3O3/c1-3-6(13-2)10-4(7(11)12)5(8)9-3/h1-2H3,(H2,8,9)(H,11,12). The van der Waals surface area contributed by atoms with Gasteiger partial charge in [0.15, 0.2) is 11.5 Å². The predicted octanol–water partition coefficient (Wildman–Crippen LogP) is 0.0740. The maximum Gasteiger partial charge on any atom is 0.358 e. The smallest absolute Gasteiger partial charge is 0.358 e. The van der Waals surface area contributed by atoms with Crippen molar-refractivity contribution < 1.29 is 14.6 Å². The number of carboxylic acid groups (broad SMARTS) is 1. The van der Waals surface area contributed by atoms with Crippen LogP contribution in [0.4, 0.5) is 5.82 Å². The fourth-order valence-electron chi connectivity index (χ4n) is 0.872. The Balaban J connectivity index is 3.30. The molecule has 0 atom stereocenters. The molecule has 0 unspecified atom stereocenters. The molecule has 0 fully saturated rings. The van der Waals surface area contributed by atoms with Crippen LogP contribution >= 0.6 is 0 Å². The summed E-state index contributed by atoms with van der Waals surface area (Å²) in [5.74, 6) is -1.15. The number of anilines is 1. The summed E-state index contributed by atoms with van der Waals surface area (Å²) in [6.45, 7) is 1.63. The van der Waals surface area contributed by atoms with Gasteiger partial charge in [-0.2, -0.15) is 0 Å². The van der Waals surface area contributed by atoms with Crippen LogP contribution in [0.2, 0.25) is 0 Å². The summed E-state index contributed by atoms with van der Waals surface area (Å²) < 4.78 is 4.80. The molecular formula is C7H9N3O3. The summed E-state index contributed by atoms with van der Waals surface area (Å²) in [4.78, 5) is 18.0. The van der Waals surface area contributed by atoms with E-state index in [-0.39, 0.29) is 17.4 Å². The molecule has 13 heavy (non-hydrogen) atoms. The fraction of sp³-hybridized carbons (Fsp3) is 0.286. The lowest BCUT2D eigenvalue weighted by Gasteiger charge is -2.05. The highest BCUT2D eigenvalue weighted by Crippen LogP contribution is 2.15. The Morgan fingerprint density at radius 3 is 2.62 bits per heavy atom. The molecule has 0 amide bonds. The van der Waals surface area contributed by atoms with Gasteiger partial charge in [-0.3, -0.25) is 0 Å². The molecule has 1 aromatic rings. The molecule has 0 spiro atoms. The van der Waals surface area contributed by atoms with Crippen LogP contribution in [0.3, 0.4) is 0 Å². The van der Waals surface area contributed by atoms with Crippen molar-refractivity contribution in [1.29, 1.82) is 0 Å². The molecule has 0 radical (unpaired) electrons. The van der Waals surface area contributed by atoms with Gasteiger partial charge in [-0.25, -0.2) is 14.8 Å². The maximum absolute atomic E-state index is 10.6. The summed E-state index contributed by atoms with van der Waals surface area (Å²) in [5, 5.41) is 8.64. The Bertz CT molecular complexity index is 351. The summed E-state index contributed by atoms with van der Waals surface area (Å²) in [6.07, 6.45) is 0. The average molecular weight is 183 g/mol. The lowest BCUT2D eigenvalue weighted by atomic mass is 10.4. The molecule has 6 nitrogen and oxygen atoms in total. The quantitative estimate of drug-likeness (QED) is 0.673. The Kier molecular flexibility index (Phi) is 2.32. The van der Waals surface area contributed by atoms with Crippen molar-refractivity contribution in [1.82, 2.24) is 9.97 Å². The van der Waals surface area contributed by atoms with Gasteiger partial charge < -0.3 is 15.6 Å². The van der Waals surface area contributed by atoms with E-state index in [4.69, 9.17) is 15.6 Å². The van der Waals surface area contributed by atoms with E-state index in [1.54, 1.807) is 6.92 Å². The van der Waals surface area contributed by atoms with Crippen LogP contribution in [-0.2, 0) is 0 Å². The molecule has 0 saturated carbocycles. The van der Waals surface area contributed by atoms with E-state index >= 15 is 0 Å². The highest BCUT2D eigenvalue weighted by atomic mass is 16.5. The van der Waals surface area contributed by atoms with Crippen molar-refractivity contribution in [3.05, 3.63) is 11.4 Å². The number of aromatic carboxylic acids is 1. The van der Waals surface area contributed by atoms with Gasteiger partial charge in [-0.15, -0.1) is 0 Å². The second kappa shape index (κ2) is 3.26. The van der Waals surface area contributed by atoms with Gasteiger partial charge in [0.25, 0.3) is 0 Å². The van der Waals surface area contributed by atoms with Crippen molar-refractivity contribution in [3.8, 4) is 5.88 Å². The Labute approximate surface area is 74.4 Å². The molecule has 3 N–H and O–H groups in total. The van der Waals surface area contributed by atoms with Crippen LogP contribution in [0.5, 0.6) is 5.88 Å². The number of aromatic nitrogens is 2. The third-order valence-electron chi connectivity index (χ3n) is 1.45. The number of hydrogen-bond acceptors (Lipinski definition) is 5. The number of methoxy groups -OCH3 is 1. The lowest BCUT2D eigenvalue weighted by molar-refractivity contribution is 0.0690. The third-order valence-corrected chi connectivity index (χ3v) is 1.45. The molecule has 1 rings (SSSR count). The highest BCUT2D eigenvalue weighted by Gasteiger charge is 2.14. The topological polar surface area (TPSA) is 98.3 Å². The van der Waals surface area contributed by atoms with Gasteiger partial charge in [0.05, 0.1) is 7.11 Å². The van der Waals surface area contributed by atoms with E-state index < -0.39 is 5.97 Å². The third kappa shape index (κ3) is 1.66. The summed E-state index contributed by atoms with van der Waals surface area (Å²) >= 11 is 0. The Morgan fingerprint density at radius 2 is 2.15 bits per heavy atom. The molecule has 0 aromatic carbocycles. The monoisotopic (exact) mass is 183 g/mol. The van der Waals surface area contributed by atoms with Crippen molar-refractivity contribution >= 4 is 11.8 Å². The van der Waals surface area contributed by atoms with Crippen molar-refractivity contribution in [2.24, 2.45) is 0 Å². The SMILES string of the molecule is COc1nc(C(=O)O)c(N)nc1C. The number of carboxylic acids is 1. The zero-order valence-corrected chi connectivity index (χ0v) is 7.24. The van der Waals surface area contributed by atoms with Gasteiger partial charge >= 0.3 is 5.97 Å². The molecule has 1 heterocycles. The van der Waals surface area contributed by atoms with E-state index in [0.717, 1.165) is 0 Å². The van der Waals surface area contributed by atoms with Crippen LogP contribution in [-0.4, -0.2) is 28.2 Å². The van der Waals surface area contributed by atoms with E-state index in [1.807, 2.05) is 0 Å². The molecule has 70 valence electrons. The normalized spacial score (nSPS) is 9.69. The first-order valence-corrected chi connectivity index (χ1v) is 3.47. The largest absolute Gasteiger partial charge is 0.480 e. The summed E-state index contributed by atoms with van der Waals surface area (Å²) in [5.41, 5.74) is 5.51. The van der Waals surface area contributed by atoms with Crippen molar-refractivity contribution in [3.63, 3.8) is 0 Å². The number of ether oxygens (including phenoxy) is 1. The number of rotatable bonds is 2. The molecule has 6 heteroatoms. The van der Waals surface area contributed by atoms with Gasteiger partial charge in [0.1, 0.15) is 5.69 Å². The minimum Gasteiger partial charge on any atom is -0.480 e. The van der Waals surface area contributed by atoms with E-state index in [1.165, 1.54) is 7.11 Å². The zero-order chi connectivity index (χ0) is 10.0. The van der Waals surface area contributed by atoms with Crippen LogP contribution in [0.25, 0.3) is 0 Å². The molecule has 1 aromatic heterocycles. The maximum atomic E-state index is 10.6. The number of nitrogens with two attached hydrogens (primary N) is 1. The number of carbonyl (C=O) groups is 1. The average Bonchev–Trinajstić information content (AvgIpc) is 2.03. The fourth-order valence-corrected chi connectivity index (χ4v) is 0.872. The first-order valence-electron chi connectivity index (χ1n) is 3.47. The van der Waals surface area contributed by atoms with E-state index in [0.29, 0.717) is 5.69 Å². The first kappa shape index (κ1) is 9.24. The zero-order valence-electron chi connectivity index (χ0n) is 7.24. The minimum absolute atomic E-state index is 0.106. The molecule has 0 saturated heterocycles. The van der Waals surface area contributed by atoms with Gasteiger partial charge in [0.2, 0.25) is 5.88 Å². The second-order valence-corrected chi connectivity index (χ2v) is 2.36. The van der Waals surface area contributed by atoms with Crippen LogP contribution < -0.4 is 10.5 Å². The van der Waals surface area contributed by atoms with Crippen molar-refractivity contribution in [2.45, 2.75) is 6.92 Å². The number of hydrogen-bond donors (Lipinski definition) is 2. The van der Waals surface area contributed by atoms with Crippen LogP contribution in [0.15, 0.2) is 0 Å². The van der Waals surface area contributed by atoms with Gasteiger partial charge in [-0.05, 0) is 6.92 Å². The van der Waals surface area contributed by atoms with Gasteiger partial charge in [0, 0.05) is 0 Å². The predicted molar refractivity (Wildman–Crippen MR) is 44.7 cm³/mol. The molecule has 0 bridgehead atoms. The van der Waals surface area contributed by atoms with E-state index in [2.05, 4.69) is 9.97 Å². The minimum atomic E-state index is -1.22. The molecule has 0 aliphatic heterocycles. The lowest BCUT2D eigenvalue weighted by Crippen LogP contribution is -2.10. The Hall–Kier alpha value is -1.85. The highest BCUT2D eigenvalue weighted by molar-refractivity contribution is 5.90. The first-order chi connectivity index (χ1) is 6.06. The Morgan fingerprint density at radius 1 is 1.54 bits per heavy atom. The number of aryl methyl sites for hydroxylation is 1. The molecule has 0 aliphatic carbocycles. The van der Waals surface area contributed by atoms with E-state index in [9.17, 15) is 4.79 Å². The molecule has 0 aliphatic rings. The second-order valence-electron chi connectivity index (χ2n) is 2.36. The summed E-state index contributed by atoms with van der Waals surface area (Å²) in [7, 11) is 1.39. The van der Waals surface area contributed by atoms with Crippen molar-refractivity contribution in [2.75, 3.05) is 12.8 Å². The van der Waals surface area contributed by atoms with Gasteiger partial charge in [-0.1, -0.05) is 0 Å². The molecular weight excluding hydrogens is 174 g/mol. The number of nitrogen functional groups attached to an aromatic ring is 1.